The first-order valence-electron chi connectivity index (χ1n) is 4.91. The van der Waals surface area contributed by atoms with Crippen LogP contribution in [0.15, 0.2) is 51.4 Å². The number of alkyl halides is 2. The van der Waals surface area contributed by atoms with E-state index in [2.05, 4.69) is 31.9 Å². The van der Waals surface area contributed by atoms with Gasteiger partial charge in [-0.05, 0) is 41.0 Å². The Labute approximate surface area is 127 Å². The van der Waals surface area contributed by atoms with Crippen LogP contribution in [-0.4, -0.2) is 0 Å². The van der Waals surface area contributed by atoms with Crippen LogP contribution in [0.5, 0.6) is 0 Å². The van der Waals surface area contributed by atoms with E-state index in [0.29, 0.717) is 0 Å². The summed E-state index contributed by atoms with van der Waals surface area (Å²) in [6.45, 7) is 0. The van der Waals surface area contributed by atoms with Crippen molar-refractivity contribution in [2.75, 3.05) is 0 Å². The molecule has 0 bridgehead atoms. The summed E-state index contributed by atoms with van der Waals surface area (Å²) in [4.78, 5) is -0.540. The summed E-state index contributed by atoms with van der Waals surface area (Å²) in [5, 5.41) is 0. The second kappa shape index (κ2) is 5.75. The van der Waals surface area contributed by atoms with E-state index in [9.17, 15) is 0 Å². The number of rotatable bonds is 2. The number of hydrogen-bond acceptors (Lipinski definition) is 0. The molecule has 0 atom stereocenters. The van der Waals surface area contributed by atoms with Crippen molar-refractivity contribution in [3.63, 3.8) is 0 Å². The van der Waals surface area contributed by atoms with E-state index in [4.69, 9.17) is 23.2 Å². The molecule has 2 rings (SSSR count). The second-order valence-corrected chi connectivity index (χ2v) is 6.47. The molecule has 0 unspecified atom stereocenters. The Morgan fingerprint density at radius 1 is 0.882 bits per heavy atom. The molecule has 0 spiro atoms. The second-order valence-electron chi connectivity index (χ2n) is 3.54. The first kappa shape index (κ1) is 13.4. The molecule has 0 radical (unpaired) electrons. The van der Waals surface area contributed by atoms with Crippen molar-refractivity contribution in [1.29, 1.82) is 0 Å². The lowest BCUT2D eigenvalue weighted by atomic mass is 10.0. The van der Waals surface area contributed by atoms with Gasteiger partial charge in [0.15, 0.2) is 0 Å². The fourth-order valence-electron chi connectivity index (χ4n) is 1.63. The topological polar surface area (TPSA) is 0 Å². The summed E-state index contributed by atoms with van der Waals surface area (Å²) >= 11 is 18.9. The zero-order valence-corrected chi connectivity index (χ0v) is 13.3. The maximum atomic E-state index is 6.00. The maximum Gasteiger partial charge on any atom is 0.133 e. The molecule has 0 fully saturated rings. The van der Waals surface area contributed by atoms with Crippen LogP contribution in [0.2, 0.25) is 0 Å². The Morgan fingerprint density at radius 3 is 2.24 bits per heavy atom. The molecule has 0 aliphatic carbocycles. The van der Waals surface area contributed by atoms with Crippen molar-refractivity contribution in [1.82, 2.24) is 0 Å². The summed E-state index contributed by atoms with van der Waals surface area (Å²) in [6, 6.07) is 14.0. The smallest absolute Gasteiger partial charge is 0.100 e. The summed E-state index contributed by atoms with van der Waals surface area (Å²) in [7, 11) is 0. The molecular formula is C13H8Br2Cl2. The van der Waals surface area contributed by atoms with Crippen LogP contribution in [0.1, 0.15) is 10.4 Å². The van der Waals surface area contributed by atoms with Crippen LogP contribution in [0.4, 0.5) is 0 Å². The van der Waals surface area contributed by atoms with Gasteiger partial charge < -0.3 is 0 Å². The fourth-order valence-corrected chi connectivity index (χ4v) is 2.77. The Hall–Kier alpha value is -0.0200. The van der Waals surface area contributed by atoms with Crippen LogP contribution in [-0.2, 0) is 0 Å². The molecule has 0 aromatic heterocycles. The lowest BCUT2D eigenvalue weighted by Gasteiger charge is -2.11. The molecule has 0 saturated carbocycles. The fraction of sp³-hybridized carbons (Fsp3) is 0.0769. The van der Waals surface area contributed by atoms with Crippen LogP contribution in [0.3, 0.4) is 0 Å². The van der Waals surface area contributed by atoms with Crippen molar-refractivity contribution in [2.45, 2.75) is 4.84 Å². The van der Waals surface area contributed by atoms with Gasteiger partial charge in [0.2, 0.25) is 0 Å². The quantitative estimate of drug-likeness (QED) is 0.520. The van der Waals surface area contributed by atoms with E-state index in [-0.39, 0.29) is 0 Å². The highest BCUT2D eigenvalue weighted by Crippen LogP contribution is 2.36. The summed E-state index contributed by atoms with van der Waals surface area (Å²) < 4.78 is 2.00. The van der Waals surface area contributed by atoms with Crippen molar-refractivity contribution >= 4 is 55.1 Å². The molecule has 0 amide bonds. The normalized spacial score (nSPS) is 10.9. The van der Waals surface area contributed by atoms with Crippen molar-refractivity contribution < 1.29 is 0 Å². The van der Waals surface area contributed by atoms with Crippen molar-refractivity contribution in [3.8, 4) is 11.1 Å². The largest absolute Gasteiger partial charge is 0.133 e. The van der Waals surface area contributed by atoms with Gasteiger partial charge in [0, 0.05) is 8.95 Å². The van der Waals surface area contributed by atoms with Crippen molar-refractivity contribution in [3.05, 3.63) is 57.0 Å². The average Bonchev–Trinajstić information content (AvgIpc) is 2.28. The Balaban J connectivity index is 2.59. The molecule has 0 nitrogen and oxygen atoms in total. The minimum Gasteiger partial charge on any atom is -0.100 e. The van der Waals surface area contributed by atoms with E-state index in [0.717, 1.165) is 25.6 Å². The first-order valence-corrected chi connectivity index (χ1v) is 7.37. The number of halogens is 4. The molecule has 0 aliphatic heterocycles. The van der Waals surface area contributed by atoms with Gasteiger partial charge in [-0.3, -0.25) is 0 Å². The molecule has 0 saturated heterocycles. The minimum absolute atomic E-state index is 0.540. The molecule has 0 N–H and O–H groups in total. The summed E-state index contributed by atoms with van der Waals surface area (Å²) in [5.41, 5.74) is 3.04. The maximum absolute atomic E-state index is 6.00. The number of benzene rings is 2. The first-order chi connectivity index (χ1) is 8.08. The number of hydrogen-bond donors (Lipinski definition) is 0. The lowest BCUT2D eigenvalue weighted by Crippen LogP contribution is -1.89. The zero-order chi connectivity index (χ0) is 12.4. The van der Waals surface area contributed by atoms with Gasteiger partial charge in [0.1, 0.15) is 4.84 Å². The molecule has 17 heavy (non-hydrogen) atoms. The highest BCUT2D eigenvalue weighted by molar-refractivity contribution is 9.10. The SMILES string of the molecule is ClC(Cl)c1cc(Br)ccc1-c1cccc(Br)c1. The Kier molecular flexibility index (Phi) is 4.53. The lowest BCUT2D eigenvalue weighted by molar-refractivity contribution is 1.34. The molecule has 4 heteroatoms. The molecule has 2 aromatic rings. The predicted molar refractivity (Wildman–Crippen MR) is 81.7 cm³/mol. The van der Waals surface area contributed by atoms with Crippen LogP contribution < -0.4 is 0 Å². The summed E-state index contributed by atoms with van der Waals surface area (Å²) in [5.74, 6) is 0. The zero-order valence-electron chi connectivity index (χ0n) is 8.63. The van der Waals surface area contributed by atoms with Gasteiger partial charge in [-0.25, -0.2) is 0 Å². The predicted octanol–water partition coefficient (Wildman–Crippen LogP) is 6.35. The Bertz CT molecular complexity index is 539. The highest BCUT2D eigenvalue weighted by atomic mass is 79.9. The van der Waals surface area contributed by atoms with Gasteiger partial charge >= 0.3 is 0 Å². The van der Waals surface area contributed by atoms with Crippen molar-refractivity contribution in [2.24, 2.45) is 0 Å². The van der Waals surface area contributed by atoms with Gasteiger partial charge in [-0.2, -0.15) is 0 Å². The molecular weight excluding hydrogens is 387 g/mol. The molecule has 88 valence electrons. The molecule has 2 aromatic carbocycles. The van der Waals surface area contributed by atoms with E-state index in [1.165, 1.54) is 0 Å². The van der Waals surface area contributed by atoms with E-state index in [1.807, 2.05) is 42.5 Å². The third-order valence-electron chi connectivity index (χ3n) is 2.38. The van der Waals surface area contributed by atoms with Crippen LogP contribution in [0, 0.1) is 0 Å². The van der Waals surface area contributed by atoms with Gasteiger partial charge in [0.05, 0.1) is 0 Å². The average molecular weight is 395 g/mol. The monoisotopic (exact) mass is 392 g/mol. The van der Waals surface area contributed by atoms with E-state index in [1.54, 1.807) is 0 Å². The highest BCUT2D eigenvalue weighted by Gasteiger charge is 2.12. The molecule has 0 aliphatic rings. The third-order valence-corrected chi connectivity index (χ3v) is 3.84. The minimum atomic E-state index is -0.540. The summed E-state index contributed by atoms with van der Waals surface area (Å²) in [6.07, 6.45) is 0. The molecule has 0 heterocycles. The Morgan fingerprint density at radius 2 is 1.59 bits per heavy atom. The van der Waals surface area contributed by atoms with Gasteiger partial charge in [-0.1, -0.05) is 50.1 Å². The van der Waals surface area contributed by atoms with E-state index >= 15 is 0 Å². The van der Waals surface area contributed by atoms with Crippen LogP contribution >= 0.6 is 55.1 Å². The van der Waals surface area contributed by atoms with Gasteiger partial charge in [0.25, 0.3) is 0 Å². The standard InChI is InChI=1S/C13H8Br2Cl2/c14-9-3-1-2-8(6-9)11-5-4-10(15)7-12(11)13(16)17/h1-7,13H. The van der Waals surface area contributed by atoms with Gasteiger partial charge in [-0.15, -0.1) is 23.2 Å². The third kappa shape index (κ3) is 3.25. The van der Waals surface area contributed by atoms with Crippen LogP contribution in [0.25, 0.3) is 11.1 Å². The van der Waals surface area contributed by atoms with E-state index < -0.39 is 4.84 Å².